The van der Waals surface area contributed by atoms with Gasteiger partial charge in [0.05, 0.1) is 13.7 Å². The van der Waals surface area contributed by atoms with Gasteiger partial charge in [0.2, 0.25) is 5.95 Å². The zero-order valence-electron chi connectivity index (χ0n) is 16.7. The van der Waals surface area contributed by atoms with Crippen LogP contribution in [0.4, 0.5) is 10.7 Å². The first-order valence-electron chi connectivity index (χ1n) is 9.78. The molecule has 1 aromatic heterocycles. The highest BCUT2D eigenvalue weighted by atomic mass is 16.5. The molecule has 2 aromatic rings. The van der Waals surface area contributed by atoms with Crippen LogP contribution in [0.2, 0.25) is 0 Å². The average molecular weight is 400 g/mol. The molecular weight excluding hydrogens is 372 g/mol. The minimum Gasteiger partial charge on any atom is -0.493 e. The van der Waals surface area contributed by atoms with E-state index in [1.165, 1.54) is 0 Å². The fourth-order valence-corrected chi connectivity index (χ4v) is 3.08. The number of urea groups is 1. The fraction of sp³-hybridized carbons (Fsp3) is 0.450. The smallest absolute Gasteiger partial charge is 0.314 e. The molecule has 0 aliphatic carbocycles. The zero-order valence-corrected chi connectivity index (χ0v) is 16.7. The van der Waals surface area contributed by atoms with Crippen LogP contribution in [-0.4, -0.2) is 80.4 Å². The molecule has 1 saturated heterocycles. The Morgan fingerprint density at radius 2 is 1.69 bits per heavy atom. The van der Waals surface area contributed by atoms with Crippen LogP contribution in [0.3, 0.4) is 0 Å². The number of benzene rings is 1. The minimum absolute atomic E-state index is 0.190. The standard InChI is InChI=1S/C20H28N6O3/c1-28-17-5-2-3-6-18(17)29-16-10-24-20(27)23-9-11-25-12-14-26(15-13-25)19-21-7-4-8-22-19/h2-8H,9-16H2,1H3,(H2,23,24,27). The van der Waals surface area contributed by atoms with E-state index in [1.54, 1.807) is 19.5 Å². The molecule has 9 nitrogen and oxygen atoms in total. The Bertz CT molecular complexity index is 753. The van der Waals surface area contributed by atoms with Gasteiger partial charge in [0.1, 0.15) is 6.61 Å². The molecule has 2 amide bonds. The summed E-state index contributed by atoms with van der Waals surface area (Å²) in [5, 5.41) is 5.68. The number of hydrogen-bond donors (Lipinski definition) is 2. The lowest BCUT2D eigenvalue weighted by Gasteiger charge is -2.34. The maximum Gasteiger partial charge on any atom is 0.314 e. The van der Waals surface area contributed by atoms with Crippen LogP contribution < -0.4 is 25.0 Å². The van der Waals surface area contributed by atoms with E-state index < -0.39 is 0 Å². The van der Waals surface area contributed by atoms with Crippen LogP contribution >= 0.6 is 0 Å². The molecule has 0 unspecified atom stereocenters. The number of ether oxygens (including phenoxy) is 2. The maximum atomic E-state index is 11.9. The number of carbonyl (C=O) groups is 1. The summed E-state index contributed by atoms with van der Waals surface area (Å²) in [6, 6.07) is 9.06. The molecule has 0 saturated carbocycles. The third-order valence-corrected chi connectivity index (χ3v) is 4.64. The van der Waals surface area contributed by atoms with Gasteiger partial charge in [0, 0.05) is 51.7 Å². The van der Waals surface area contributed by atoms with Crippen molar-refractivity contribution in [1.29, 1.82) is 0 Å². The van der Waals surface area contributed by atoms with Crippen molar-refractivity contribution < 1.29 is 14.3 Å². The molecule has 9 heteroatoms. The summed E-state index contributed by atoms with van der Waals surface area (Å²) in [4.78, 5) is 25.0. The van der Waals surface area contributed by atoms with Gasteiger partial charge in [-0.1, -0.05) is 12.1 Å². The summed E-state index contributed by atoms with van der Waals surface area (Å²) in [6.07, 6.45) is 3.53. The van der Waals surface area contributed by atoms with Crippen molar-refractivity contribution in [3.8, 4) is 11.5 Å². The Morgan fingerprint density at radius 1 is 1.00 bits per heavy atom. The predicted octanol–water partition coefficient (Wildman–Crippen LogP) is 0.985. The molecule has 1 aliphatic rings. The summed E-state index contributed by atoms with van der Waals surface area (Å²) < 4.78 is 10.9. The van der Waals surface area contributed by atoms with E-state index in [-0.39, 0.29) is 6.03 Å². The SMILES string of the molecule is COc1ccccc1OCCNC(=O)NCCN1CCN(c2ncccn2)CC1. The predicted molar refractivity (Wildman–Crippen MR) is 111 cm³/mol. The molecule has 2 N–H and O–H groups in total. The second-order valence-corrected chi connectivity index (χ2v) is 6.56. The minimum atomic E-state index is -0.190. The molecule has 0 bridgehead atoms. The lowest BCUT2D eigenvalue weighted by Crippen LogP contribution is -2.49. The second kappa shape index (κ2) is 11.1. The molecule has 2 heterocycles. The van der Waals surface area contributed by atoms with E-state index in [1.807, 2.05) is 30.3 Å². The highest BCUT2D eigenvalue weighted by Gasteiger charge is 2.18. The largest absolute Gasteiger partial charge is 0.493 e. The van der Waals surface area contributed by atoms with Crippen molar-refractivity contribution >= 4 is 12.0 Å². The van der Waals surface area contributed by atoms with E-state index in [0.717, 1.165) is 38.7 Å². The van der Waals surface area contributed by atoms with E-state index in [2.05, 4.69) is 30.4 Å². The average Bonchev–Trinajstić information content (AvgIpc) is 2.78. The first-order valence-corrected chi connectivity index (χ1v) is 9.78. The summed E-state index contributed by atoms with van der Waals surface area (Å²) in [5.74, 6) is 2.12. The zero-order chi connectivity index (χ0) is 20.3. The normalized spacial score (nSPS) is 14.3. The molecule has 0 radical (unpaired) electrons. The highest BCUT2D eigenvalue weighted by Crippen LogP contribution is 2.25. The molecule has 3 rings (SSSR count). The maximum absolute atomic E-state index is 11.9. The van der Waals surface area contributed by atoms with Gasteiger partial charge in [-0.05, 0) is 18.2 Å². The quantitative estimate of drug-likeness (QED) is 0.607. The number of hydrogen-bond acceptors (Lipinski definition) is 7. The number of para-hydroxylation sites is 2. The Hall–Kier alpha value is -3.07. The van der Waals surface area contributed by atoms with Crippen molar-refractivity contribution in [3.05, 3.63) is 42.7 Å². The molecule has 1 aliphatic heterocycles. The van der Waals surface area contributed by atoms with Gasteiger partial charge in [-0.15, -0.1) is 0 Å². The number of piperazine rings is 1. The number of carbonyl (C=O) groups excluding carboxylic acids is 1. The highest BCUT2D eigenvalue weighted by molar-refractivity contribution is 5.73. The summed E-state index contributed by atoms with van der Waals surface area (Å²) in [7, 11) is 1.60. The molecule has 1 fully saturated rings. The number of rotatable bonds is 9. The number of anilines is 1. The van der Waals surface area contributed by atoms with Gasteiger partial charge in [-0.3, -0.25) is 4.90 Å². The summed E-state index contributed by atoms with van der Waals surface area (Å²) >= 11 is 0. The van der Waals surface area contributed by atoms with E-state index in [9.17, 15) is 4.79 Å². The first kappa shape index (κ1) is 20.7. The number of amides is 2. The van der Waals surface area contributed by atoms with Gasteiger partial charge in [0.25, 0.3) is 0 Å². The Morgan fingerprint density at radius 3 is 2.41 bits per heavy atom. The van der Waals surface area contributed by atoms with Crippen LogP contribution in [0.5, 0.6) is 11.5 Å². The van der Waals surface area contributed by atoms with Crippen LogP contribution in [-0.2, 0) is 0 Å². The first-order chi connectivity index (χ1) is 14.3. The Kier molecular flexibility index (Phi) is 7.88. The van der Waals surface area contributed by atoms with Crippen molar-refractivity contribution in [2.75, 3.05) is 64.4 Å². The van der Waals surface area contributed by atoms with Crippen molar-refractivity contribution in [2.24, 2.45) is 0 Å². The van der Waals surface area contributed by atoms with Gasteiger partial charge < -0.3 is 25.0 Å². The number of nitrogens with zero attached hydrogens (tertiary/aromatic N) is 4. The molecular formula is C20H28N6O3. The van der Waals surface area contributed by atoms with Crippen molar-refractivity contribution in [2.45, 2.75) is 0 Å². The summed E-state index contributed by atoms with van der Waals surface area (Å²) in [6.45, 7) is 5.82. The van der Waals surface area contributed by atoms with Gasteiger partial charge >= 0.3 is 6.03 Å². The number of nitrogens with one attached hydrogen (secondary N) is 2. The fourth-order valence-electron chi connectivity index (χ4n) is 3.08. The molecule has 156 valence electrons. The summed E-state index contributed by atoms with van der Waals surface area (Å²) in [5.41, 5.74) is 0. The Balaban J connectivity index is 1.25. The number of methoxy groups -OCH3 is 1. The van der Waals surface area contributed by atoms with Crippen LogP contribution in [0, 0.1) is 0 Å². The third-order valence-electron chi connectivity index (χ3n) is 4.64. The Labute approximate surface area is 171 Å². The second-order valence-electron chi connectivity index (χ2n) is 6.56. The van der Waals surface area contributed by atoms with Crippen molar-refractivity contribution in [1.82, 2.24) is 25.5 Å². The monoisotopic (exact) mass is 400 g/mol. The van der Waals surface area contributed by atoms with E-state index in [0.29, 0.717) is 31.2 Å². The van der Waals surface area contributed by atoms with Crippen molar-refractivity contribution in [3.63, 3.8) is 0 Å². The molecule has 1 aromatic carbocycles. The molecule has 29 heavy (non-hydrogen) atoms. The third kappa shape index (κ3) is 6.49. The van der Waals surface area contributed by atoms with E-state index in [4.69, 9.17) is 9.47 Å². The lowest BCUT2D eigenvalue weighted by molar-refractivity contribution is 0.228. The van der Waals surface area contributed by atoms with Gasteiger partial charge in [-0.25, -0.2) is 14.8 Å². The van der Waals surface area contributed by atoms with Crippen LogP contribution in [0.15, 0.2) is 42.7 Å². The van der Waals surface area contributed by atoms with Crippen LogP contribution in [0.1, 0.15) is 0 Å². The number of aromatic nitrogens is 2. The molecule has 0 spiro atoms. The van der Waals surface area contributed by atoms with Gasteiger partial charge in [-0.2, -0.15) is 0 Å². The van der Waals surface area contributed by atoms with Gasteiger partial charge in [0.15, 0.2) is 11.5 Å². The van der Waals surface area contributed by atoms with Crippen LogP contribution in [0.25, 0.3) is 0 Å². The lowest BCUT2D eigenvalue weighted by atomic mass is 10.3. The topological polar surface area (TPSA) is 91.9 Å². The van der Waals surface area contributed by atoms with E-state index >= 15 is 0 Å². The molecule has 0 atom stereocenters.